The minimum atomic E-state index is -4.76. The molecule has 4 unspecified atom stereocenters. The summed E-state index contributed by atoms with van der Waals surface area (Å²) in [5.74, 6) is -0.377. The summed E-state index contributed by atoms with van der Waals surface area (Å²) < 4.78 is 20.9. The van der Waals surface area contributed by atoms with Crippen molar-refractivity contribution in [1.82, 2.24) is 10.2 Å². The molecule has 11 nitrogen and oxygen atoms in total. The lowest BCUT2D eigenvalue weighted by Gasteiger charge is -2.40. The molecule has 176 valence electrons. The summed E-state index contributed by atoms with van der Waals surface area (Å²) in [4.78, 5) is 43.9. The van der Waals surface area contributed by atoms with Crippen LogP contribution in [0, 0.1) is 0 Å². The van der Waals surface area contributed by atoms with Crippen molar-refractivity contribution in [3.8, 4) is 0 Å². The van der Waals surface area contributed by atoms with Crippen molar-refractivity contribution >= 4 is 19.5 Å². The predicted molar refractivity (Wildman–Crippen MR) is 107 cm³/mol. The number of nitrogens with zero attached hydrogens (tertiary/aromatic N) is 1. The fraction of sp³-hybridized carbons (Fsp3) is 0.789. The molecule has 12 heteroatoms. The Morgan fingerprint density at radius 2 is 1.84 bits per heavy atom. The first-order valence-corrected chi connectivity index (χ1v) is 12.2. The van der Waals surface area contributed by atoms with E-state index < -0.39 is 50.4 Å². The molecule has 0 bridgehead atoms. The van der Waals surface area contributed by atoms with Crippen LogP contribution in [0.5, 0.6) is 0 Å². The van der Waals surface area contributed by atoms with Crippen LogP contribution in [0.2, 0.25) is 0 Å². The zero-order chi connectivity index (χ0) is 22.6. The predicted octanol–water partition coefficient (Wildman–Crippen LogP) is -0.0698. The zero-order valence-electron chi connectivity index (χ0n) is 17.3. The van der Waals surface area contributed by atoms with Gasteiger partial charge in [-0.2, -0.15) is 0 Å². The van der Waals surface area contributed by atoms with Crippen molar-refractivity contribution in [3.05, 3.63) is 12.3 Å². The Morgan fingerprint density at radius 3 is 2.48 bits per heavy atom. The van der Waals surface area contributed by atoms with E-state index in [9.17, 15) is 24.4 Å². The highest BCUT2D eigenvalue weighted by Gasteiger charge is 2.47. The van der Waals surface area contributed by atoms with Crippen LogP contribution in [0.25, 0.3) is 0 Å². The van der Waals surface area contributed by atoms with Crippen molar-refractivity contribution in [2.75, 3.05) is 13.2 Å². The Labute approximate surface area is 180 Å². The van der Waals surface area contributed by atoms with Gasteiger partial charge in [-0.1, -0.05) is 25.7 Å². The van der Waals surface area contributed by atoms with Gasteiger partial charge in [0.05, 0.1) is 12.1 Å². The number of rotatable bonds is 4. The van der Waals surface area contributed by atoms with E-state index in [1.807, 2.05) is 0 Å². The van der Waals surface area contributed by atoms with Gasteiger partial charge in [0.15, 0.2) is 12.0 Å². The fourth-order valence-corrected chi connectivity index (χ4v) is 4.62. The van der Waals surface area contributed by atoms with Gasteiger partial charge in [0.25, 0.3) is 0 Å². The highest BCUT2D eigenvalue weighted by Crippen LogP contribution is 2.37. The highest BCUT2D eigenvalue weighted by atomic mass is 31.2. The Hall–Kier alpha value is -1.33. The topological polar surface area (TPSA) is 166 Å². The van der Waals surface area contributed by atoms with Crippen LogP contribution in [0.15, 0.2) is 12.3 Å². The maximum atomic E-state index is 12.5. The molecule has 1 spiro atoms. The van der Waals surface area contributed by atoms with E-state index in [2.05, 4.69) is 9.84 Å². The lowest BCUT2D eigenvalue weighted by molar-refractivity contribution is -0.137. The van der Waals surface area contributed by atoms with Crippen LogP contribution in [0.1, 0.15) is 51.4 Å². The normalized spacial score (nSPS) is 36.8. The van der Waals surface area contributed by atoms with Gasteiger partial charge in [-0.05, 0) is 19.3 Å². The third-order valence-electron chi connectivity index (χ3n) is 6.18. The molecule has 31 heavy (non-hydrogen) atoms. The quantitative estimate of drug-likeness (QED) is 0.357. The second kappa shape index (κ2) is 10.1. The fourth-order valence-electron chi connectivity index (χ4n) is 4.28. The van der Waals surface area contributed by atoms with Gasteiger partial charge < -0.3 is 35.0 Å². The van der Waals surface area contributed by atoms with Crippen LogP contribution in [-0.4, -0.2) is 79.8 Å². The minimum absolute atomic E-state index is 0.0477. The summed E-state index contributed by atoms with van der Waals surface area (Å²) >= 11 is 0. The molecule has 5 atom stereocenters. The van der Waals surface area contributed by atoms with Crippen molar-refractivity contribution < 1.29 is 43.4 Å². The number of nitrogens with one attached hydrogen (secondary N) is 1. The van der Waals surface area contributed by atoms with Crippen LogP contribution in [0.3, 0.4) is 0 Å². The number of phosphoric acid groups is 1. The Kier molecular flexibility index (Phi) is 7.90. The first-order chi connectivity index (χ1) is 14.6. The van der Waals surface area contributed by atoms with E-state index in [0.29, 0.717) is 25.8 Å². The van der Waals surface area contributed by atoms with Gasteiger partial charge in [-0.3, -0.25) is 14.1 Å². The number of carbonyl (C=O) groups excluding carboxylic acids is 2. The van der Waals surface area contributed by atoms with Crippen LogP contribution >= 0.6 is 7.82 Å². The molecule has 0 aromatic heterocycles. The SMILES string of the molecule is O=C1/C=C\N(C2OC(COP(=O)(O)O)C(O)C2O)CCCCCCC[C@@]2(CCC2=O)N1. The standard InChI is InChI=1S/C19H31N2O9P/c22-14-6-9-19(14)8-4-2-1-3-5-10-21(11-7-15(23)20-19)18-17(25)16(24)13(30-18)12-29-31(26,27)28/h7,11,13,16-18,24-25H,1-6,8-10,12H2,(H,20,23)(H2,26,27,28)/b11-7-/t13?,16?,17?,18?,19-/m0/s1. The van der Waals surface area contributed by atoms with E-state index in [4.69, 9.17) is 14.5 Å². The minimum Gasteiger partial charge on any atom is -0.387 e. The van der Waals surface area contributed by atoms with Gasteiger partial charge in [-0.15, -0.1) is 0 Å². The van der Waals surface area contributed by atoms with E-state index in [0.717, 1.165) is 32.1 Å². The van der Waals surface area contributed by atoms with Crippen molar-refractivity contribution in [1.29, 1.82) is 0 Å². The Balaban J connectivity index is 1.70. The monoisotopic (exact) mass is 462 g/mol. The molecule has 3 aliphatic rings. The molecule has 1 amide bonds. The van der Waals surface area contributed by atoms with Gasteiger partial charge in [0, 0.05) is 25.2 Å². The van der Waals surface area contributed by atoms with Crippen LogP contribution < -0.4 is 5.32 Å². The number of carbonyl (C=O) groups is 2. The molecule has 2 aliphatic heterocycles. The second-order valence-electron chi connectivity index (χ2n) is 8.40. The lowest BCUT2D eigenvalue weighted by Crippen LogP contribution is -2.60. The molecule has 3 rings (SSSR count). The number of amides is 1. The molecule has 2 heterocycles. The van der Waals surface area contributed by atoms with Crippen molar-refractivity contribution in [2.45, 2.75) is 81.4 Å². The number of Topliss-reactive ketones (excluding diaryl/α,β-unsaturated/α-hetero) is 1. The van der Waals surface area contributed by atoms with Crippen molar-refractivity contribution in [2.24, 2.45) is 0 Å². The molecule has 0 radical (unpaired) electrons. The largest absolute Gasteiger partial charge is 0.469 e. The Morgan fingerprint density at radius 1 is 1.13 bits per heavy atom. The Bertz CT molecular complexity index is 742. The molecule has 1 aliphatic carbocycles. The molecule has 1 saturated carbocycles. The molecular weight excluding hydrogens is 431 g/mol. The third-order valence-corrected chi connectivity index (χ3v) is 6.67. The summed E-state index contributed by atoms with van der Waals surface area (Å²) in [6.07, 6.45) is 3.93. The summed E-state index contributed by atoms with van der Waals surface area (Å²) in [5.41, 5.74) is -0.787. The number of aliphatic hydroxyl groups is 2. The van der Waals surface area contributed by atoms with Gasteiger partial charge in [0.1, 0.15) is 18.3 Å². The van der Waals surface area contributed by atoms with Gasteiger partial charge in [-0.25, -0.2) is 4.57 Å². The molecule has 2 fully saturated rings. The first-order valence-electron chi connectivity index (χ1n) is 10.6. The smallest absolute Gasteiger partial charge is 0.387 e. The van der Waals surface area contributed by atoms with Gasteiger partial charge >= 0.3 is 7.82 Å². The molecule has 1 saturated heterocycles. The average Bonchev–Trinajstić information content (AvgIpc) is 2.99. The zero-order valence-corrected chi connectivity index (χ0v) is 18.2. The molecule has 0 aromatic rings. The van der Waals surface area contributed by atoms with Crippen LogP contribution in [0.4, 0.5) is 0 Å². The van der Waals surface area contributed by atoms with E-state index in [-0.39, 0.29) is 5.78 Å². The number of hydrogen-bond acceptors (Lipinski definition) is 8. The molecule has 0 aromatic carbocycles. The summed E-state index contributed by atoms with van der Waals surface area (Å²) in [5, 5.41) is 23.5. The number of ketones is 1. The maximum Gasteiger partial charge on any atom is 0.469 e. The van der Waals surface area contributed by atoms with Crippen LogP contribution in [-0.2, 0) is 23.4 Å². The third kappa shape index (κ3) is 6.13. The highest BCUT2D eigenvalue weighted by molar-refractivity contribution is 7.46. The van der Waals surface area contributed by atoms with Gasteiger partial charge in [0.2, 0.25) is 5.91 Å². The number of phosphoric ester groups is 1. The summed E-state index contributed by atoms with van der Waals surface area (Å²) in [6, 6.07) is 0. The first kappa shape index (κ1) is 24.3. The molecular formula is C19H31N2O9P. The van der Waals surface area contributed by atoms with E-state index >= 15 is 0 Å². The summed E-state index contributed by atoms with van der Waals surface area (Å²) in [7, 11) is -4.76. The van der Waals surface area contributed by atoms with E-state index in [1.165, 1.54) is 12.3 Å². The van der Waals surface area contributed by atoms with Crippen molar-refractivity contribution in [3.63, 3.8) is 0 Å². The lowest BCUT2D eigenvalue weighted by atomic mass is 9.72. The average molecular weight is 462 g/mol. The number of hydrogen-bond donors (Lipinski definition) is 5. The number of aliphatic hydroxyl groups excluding tert-OH is 2. The van der Waals surface area contributed by atoms with E-state index in [1.54, 1.807) is 4.90 Å². The molecule has 5 N–H and O–H groups in total. The second-order valence-corrected chi connectivity index (χ2v) is 9.64. The summed E-state index contributed by atoms with van der Waals surface area (Å²) in [6.45, 7) is -0.157. The maximum absolute atomic E-state index is 12.5. The number of ether oxygens (including phenoxy) is 1.